The minimum absolute atomic E-state index is 0.542. The van der Waals surface area contributed by atoms with E-state index in [0.717, 1.165) is 39.9 Å². The van der Waals surface area contributed by atoms with Crippen molar-refractivity contribution in [3.8, 4) is 0 Å². The van der Waals surface area contributed by atoms with Crippen LogP contribution < -0.4 is 0 Å². The molecule has 0 fully saturated rings. The summed E-state index contributed by atoms with van der Waals surface area (Å²) in [7, 11) is 0. The fourth-order valence-corrected chi connectivity index (χ4v) is 8.07. The Morgan fingerprint density at radius 1 is 0.194 bits per heavy atom. The Morgan fingerprint density at radius 3 is 0.673 bits per heavy atom. The topological polar surface area (TPSA) is 129 Å². The zero-order valence-electron chi connectivity index (χ0n) is 65.7. The van der Waals surface area contributed by atoms with Gasteiger partial charge in [-0.25, -0.2) is 0 Å². The van der Waals surface area contributed by atoms with E-state index in [1.165, 1.54) is 61.6 Å². The highest BCUT2D eigenvalue weighted by atomic mass is 14.7. The molecule has 0 bridgehead atoms. The first-order valence-corrected chi connectivity index (χ1v) is 35.4. The van der Waals surface area contributed by atoms with Crippen LogP contribution in [0.3, 0.4) is 0 Å². The second-order valence-electron chi connectivity index (χ2n) is 28.0. The third-order valence-corrected chi connectivity index (χ3v) is 15.2. The lowest BCUT2D eigenvalue weighted by molar-refractivity contribution is 0.815. The maximum absolute atomic E-state index is 4.37. The Kier molecular flexibility index (Phi) is 43.8. The normalized spacial score (nSPS) is 10.3. The lowest BCUT2D eigenvalue weighted by Gasteiger charge is -2.03. The Balaban J connectivity index is 0.000000545. The van der Waals surface area contributed by atoms with E-state index in [1.54, 1.807) is 6.20 Å². The number of pyridine rings is 10. The van der Waals surface area contributed by atoms with Gasteiger partial charge in [0.2, 0.25) is 0 Å². The minimum atomic E-state index is 0.542. The number of aromatic nitrogens is 10. The third kappa shape index (κ3) is 40.3. The first-order chi connectivity index (χ1) is 46.2. The molecule has 0 spiro atoms. The van der Waals surface area contributed by atoms with Crippen LogP contribution in [-0.4, -0.2) is 49.8 Å². The zero-order chi connectivity index (χ0) is 73.9. The molecule has 10 rings (SSSR count). The van der Waals surface area contributed by atoms with Crippen LogP contribution in [-0.2, 0) is 0 Å². The van der Waals surface area contributed by atoms with Gasteiger partial charge in [0, 0.05) is 119 Å². The van der Waals surface area contributed by atoms with Crippen LogP contribution in [0.25, 0.3) is 0 Å². The Hall–Kier alpha value is -8.50. The van der Waals surface area contributed by atoms with Crippen LogP contribution >= 0.6 is 0 Å². The molecule has 0 aliphatic rings. The summed E-state index contributed by atoms with van der Waals surface area (Å²) in [6.07, 6.45) is 19.1. The number of hydrogen-bond donors (Lipinski definition) is 0. The minimum Gasteiger partial charge on any atom is -0.264 e. The molecule has 0 atom stereocenters. The van der Waals surface area contributed by atoms with E-state index in [1.807, 2.05) is 128 Å². The van der Waals surface area contributed by atoms with E-state index in [4.69, 9.17) is 0 Å². The molecule has 98 heavy (non-hydrogen) atoms. The molecule has 0 aromatic carbocycles. The van der Waals surface area contributed by atoms with Gasteiger partial charge in [-0.15, -0.1) is 0 Å². The van der Waals surface area contributed by atoms with Gasteiger partial charge in [0.15, 0.2) is 0 Å². The smallest absolute Gasteiger partial charge is 0.0432 e. The van der Waals surface area contributed by atoms with Gasteiger partial charge >= 0.3 is 0 Å². The van der Waals surface area contributed by atoms with Gasteiger partial charge < -0.3 is 0 Å². The average molecular weight is 1320 g/mol. The van der Waals surface area contributed by atoms with Crippen molar-refractivity contribution in [3.63, 3.8) is 0 Å². The summed E-state index contributed by atoms with van der Waals surface area (Å²) < 4.78 is 0. The van der Waals surface area contributed by atoms with E-state index in [9.17, 15) is 0 Å². The Bertz CT molecular complexity index is 3010. The molecule has 0 radical (unpaired) electrons. The summed E-state index contributed by atoms with van der Waals surface area (Å²) in [6, 6.07) is 45.5. The maximum atomic E-state index is 4.37. The standard InChI is InChI=1S/8C9H13N.2C8H11N/c5*1-7(2)9-5-4-8(3)10-6-9;2*1-7(2)9-5-4-8(3)6-10-9;1-7(2)9-6-4-5-8(3)10-9;1-7(2)8-4-3-5-9-6-8;1-7(2)8-5-3-4-6-9-8/h8*4-7H,1-3H3;2*3-7H,1-2H3. The van der Waals surface area contributed by atoms with Crippen molar-refractivity contribution in [3.05, 3.63) is 297 Å². The van der Waals surface area contributed by atoms with Gasteiger partial charge in [-0.3, -0.25) is 49.8 Å². The summed E-state index contributed by atoms with van der Waals surface area (Å²) in [5.41, 5.74) is 21.5. The molecule has 0 saturated heterocycles. The highest BCUT2D eigenvalue weighted by Crippen LogP contribution is 2.18. The first kappa shape index (κ1) is 87.5. The van der Waals surface area contributed by atoms with Crippen LogP contribution in [0.15, 0.2) is 195 Å². The summed E-state index contributed by atoms with van der Waals surface area (Å²) in [4.78, 5) is 42.1. The van der Waals surface area contributed by atoms with Crippen LogP contribution in [0.2, 0.25) is 0 Å². The van der Waals surface area contributed by atoms with Crippen molar-refractivity contribution in [2.75, 3.05) is 0 Å². The van der Waals surface area contributed by atoms with Gasteiger partial charge in [-0.05, 0) is 232 Å². The molecular formula is C88H126N10. The predicted octanol–water partition coefficient (Wildman–Crippen LogP) is 24.5. The number of aryl methyl sites for hydroxylation is 8. The molecule has 528 valence electrons. The van der Waals surface area contributed by atoms with Crippen molar-refractivity contribution in [2.45, 2.75) is 253 Å². The van der Waals surface area contributed by atoms with Gasteiger partial charge in [0.05, 0.1) is 0 Å². The van der Waals surface area contributed by atoms with Crippen LogP contribution in [0.5, 0.6) is 0 Å². The van der Waals surface area contributed by atoms with Crippen LogP contribution in [0, 0.1) is 55.4 Å². The number of hydrogen-bond acceptors (Lipinski definition) is 10. The van der Waals surface area contributed by atoms with E-state index in [2.05, 4.69) is 305 Å². The fourth-order valence-electron chi connectivity index (χ4n) is 8.07. The average Bonchev–Trinajstić information content (AvgIpc) is 1.43. The fraction of sp³-hybridized carbons (Fsp3) is 0.432. The summed E-state index contributed by atoms with van der Waals surface area (Å²) in [5, 5.41) is 0. The number of nitrogens with zero attached hydrogens (tertiary/aromatic N) is 10. The van der Waals surface area contributed by atoms with E-state index < -0.39 is 0 Å². The molecule has 10 heteroatoms. The molecule has 0 N–H and O–H groups in total. The third-order valence-electron chi connectivity index (χ3n) is 15.2. The molecule has 10 aromatic heterocycles. The SMILES string of the molecule is CC(C)c1ccccn1.CC(C)c1cccnc1.Cc1ccc(C(C)C)cn1.Cc1ccc(C(C)C)cn1.Cc1ccc(C(C)C)cn1.Cc1ccc(C(C)C)cn1.Cc1ccc(C(C)C)cn1.Cc1ccc(C(C)C)nc1.Cc1ccc(C(C)C)nc1.Cc1cccc(C(C)C)n1. The van der Waals surface area contributed by atoms with Crippen molar-refractivity contribution >= 4 is 0 Å². The molecule has 10 heterocycles. The second-order valence-corrected chi connectivity index (χ2v) is 28.0. The molecule has 0 aliphatic heterocycles. The predicted molar refractivity (Wildman–Crippen MR) is 421 cm³/mol. The highest BCUT2D eigenvalue weighted by molar-refractivity contribution is 5.21. The number of rotatable bonds is 10. The second kappa shape index (κ2) is 49.1. The quantitative estimate of drug-likeness (QED) is 0.130. The van der Waals surface area contributed by atoms with Crippen molar-refractivity contribution in [1.82, 2.24) is 49.8 Å². The Morgan fingerprint density at radius 2 is 0.490 bits per heavy atom. The van der Waals surface area contributed by atoms with Crippen LogP contribution in [0.1, 0.15) is 299 Å². The van der Waals surface area contributed by atoms with Crippen molar-refractivity contribution < 1.29 is 0 Å². The molecule has 10 aromatic rings. The van der Waals surface area contributed by atoms with Gasteiger partial charge in [0.25, 0.3) is 0 Å². The van der Waals surface area contributed by atoms with Gasteiger partial charge in [-0.2, -0.15) is 0 Å². The van der Waals surface area contributed by atoms with Crippen molar-refractivity contribution in [2.24, 2.45) is 0 Å². The molecule has 0 amide bonds. The first-order valence-electron chi connectivity index (χ1n) is 35.4. The summed E-state index contributed by atoms with van der Waals surface area (Å²) in [6.45, 7) is 59.4. The lowest BCUT2D eigenvalue weighted by Crippen LogP contribution is -1.92. The van der Waals surface area contributed by atoms with E-state index in [-0.39, 0.29) is 0 Å². The zero-order valence-corrected chi connectivity index (χ0v) is 65.7. The molecule has 10 nitrogen and oxygen atoms in total. The largest absolute Gasteiger partial charge is 0.264 e. The van der Waals surface area contributed by atoms with E-state index >= 15 is 0 Å². The van der Waals surface area contributed by atoms with Gasteiger partial charge in [-0.1, -0.05) is 199 Å². The van der Waals surface area contributed by atoms with E-state index in [0.29, 0.717) is 59.2 Å². The lowest BCUT2D eigenvalue weighted by atomic mass is 10.1. The monoisotopic (exact) mass is 1320 g/mol. The molecule has 0 saturated carbocycles. The molecule has 0 unspecified atom stereocenters. The van der Waals surface area contributed by atoms with Crippen LogP contribution in [0.4, 0.5) is 0 Å². The maximum Gasteiger partial charge on any atom is 0.0432 e. The summed E-state index contributed by atoms with van der Waals surface area (Å²) >= 11 is 0. The summed E-state index contributed by atoms with van der Waals surface area (Å²) in [5.74, 6) is 5.72. The van der Waals surface area contributed by atoms with Gasteiger partial charge in [0.1, 0.15) is 0 Å². The highest BCUT2D eigenvalue weighted by Gasteiger charge is 2.04. The molecular weight excluding hydrogens is 1200 g/mol. The molecule has 0 aliphatic carbocycles. The van der Waals surface area contributed by atoms with Crippen molar-refractivity contribution in [1.29, 1.82) is 0 Å². The Labute approximate surface area is 596 Å².